The molecule has 6 rings (SSSR count). The Kier molecular flexibility index (Phi) is 6.90. The molecule has 1 N–H and O–H groups in total. The topological polar surface area (TPSA) is 99.3 Å². The summed E-state index contributed by atoms with van der Waals surface area (Å²) in [6.07, 6.45) is 10.2. The maximum atomic E-state index is 5.80. The van der Waals surface area contributed by atoms with Gasteiger partial charge in [-0.2, -0.15) is 0 Å². The maximum absolute atomic E-state index is 5.80. The number of hydrogen-bond donors (Lipinski definition) is 1. The number of nitrogens with one attached hydrogen (secondary N) is 1. The summed E-state index contributed by atoms with van der Waals surface area (Å²) in [5, 5.41) is 7.89. The molecule has 0 spiro atoms. The van der Waals surface area contributed by atoms with Crippen molar-refractivity contribution in [1.29, 1.82) is 0 Å². The molecule has 2 saturated heterocycles. The van der Waals surface area contributed by atoms with Gasteiger partial charge in [-0.25, -0.2) is 0 Å². The van der Waals surface area contributed by atoms with Gasteiger partial charge in [0.1, 0.15) is 0 Å². The van der Waals surface area contributed by atoms with Crippen LogP contribution in [0.2, 0.25) is 0 Å². The number of anilines is 2. The summed E-state index contributed by atoms with van der Waals surface area (Å²) >= 11 is 1.49. The van der Waals surface area contributed by atoms with Gasteiger partial charge < -0.3 is 0 Å². The number of piperazine rings is 1. The van der Waals surface area contributed by atoms with Crippen molar-refractivity contribution in [2.24, 2.45) is 15.9 Å². The van der Waals surface area contributed by atoms with Crippen LogP contribution in [0.1, 0.15) is 18.4 Å². The average molecular weight is 551 g/mol. The summed E-state index contributed by atoms with van der Waals surface area (Å²) in [6, 6.07) is 0. The first-order valence-corrected chi connectivity index (χ1v) is 13.8. The van der Waals surface area contributed by atoms with E-state index in [1.165, 1.54) is 29.7 Å². The van der Waals surface area contributed by atoms with Gasteiger partial charge in [-0.1, -0.05) is 5.92 Å². The zero-order valence-electron chi connectivity index (χ0n) is 20.3. The Hall–Kier alpha value is -2.93. The molecule has 11 nitrogen and oxygen atoms in total. The molecule has 1 saturated carbocycles. The summed E-state index contributed by atoms with van der Waals surface area (Å²) in [5.41, 5.74) is 1.90. The summed E-state index contributed by atoms with van der Waals surface area (Å²) in [6.45, 7) is 7.15. The molecule has 2 aromatic heterocycles. The van der Waals surface area contributed by atoms with Gasteiger partial charge in [-0.05, 0) is 12.8 Å². The number of nitrogens with zero attached hydrogens (tertiary/aromatic N) is 9. The SMILES string of the molecule is [AsH2]C1=NC(N2CCN(c3ncc(C#CC4CC4)cn3)CC2)=NCN1c1cnn(C[C@@H]2CNCCO2)c1. The molecule has 188 valence electrons. The van der Waals surface area contributed by atoms with Crippen LogP contribution in [0.15, 0.2) is 34.8 Å². The molecule has 2 atom stereocenters. The second kappa shape index (κ2) is 10.6. The van der Waals surface area contributed by atoms with E-state index in [4.69, 9.17) is 14.7 Å². The Morgan fingerprint density at radius 1 is 1.08 bits per heavy atom. The second-order valence-electron chi connectivity index (χ2n) is 9.40. The van der Waals surface area contributed by atoms with E-state index in [1.54, 1.807) is 0 Å². The van der Waals surface area contributed by atoms with E-state index >= 15 is 0 Å². The van der Waals surface area contributed by atoms with Crippen molar-refractivity contribution < 1.29 is 4.74 Å². The van der Waals surface area contributed by atoms with E-state index in [-0.39, 0.29) is 6.10 Å². The van der Waals surface area contributed by atoms with Crippen LogP contribution in [0, 0.1) is 17.8 Å². The Bertz CT molecular complexity index is 1180. The fourth-order valence-corrected chi connectivity index (χ4v) is 5.12. The van der Waals surface area contributed by atoms with E-state index in [0.717, 1.165) is 80.2 Å². The van der Waals surface area contributed by atoms with Gasteiger partial charge in [0.25, 0.3) is 0 Å². The third kappa shape index (κ3) is 5.56. The van der Waals surface area contributed by atoms with E-state index < -0.39 is 0 Å². The van der Waals surface area contributed by atoms with Gasteiger partial charge in [-0.3, -0.25) is 0 Å². The van der Waals surface area contributed by atoms with Gasteiger partial charge in [0.15, 0.2) is 0 Å². The number of guanidine groups is 1. The number of morpholine rings is 1. The molecule has 3 fully saturated rings. The van der Waals surface area contributed by atoms with Crippen LogP contribution in [0.3, 0.4) is 0 Å². The third-order valence-corrected chi connectivity index (χ3v) is 7.58. The minimum atomic E-state index is 0.152. The Morgan fingerprint density at radius 3 is 2.61 bits per heavy atom. The Morgan fingerprint density at radius 2 is 1.89 bits per heavy atom. The van der Waals surface area contributed by atoms with E-state index in [0.29, 0.717) is 12.6 Å². The summed E-state index contributed by atoms with van der Waals surface area (Å²) in [4.78, 5) is 25.3. The first kappa shape index (κ1) is 23.5. The fourth-order valence-electron chi connectivity index (χ4n) is 4.40. The van der Waals surface area contributed by atoms with Crippen molar-refractivity contribution in [2.75, 3.05) is 62.3 Å². The van der Waals surface area contributed by atoms with Gasteiger partial charge in [-0.15, -0.1) is 0 Å². The number of aliphatic imine (C=N–C) groups is 2. The molecule has 5 heterocycles. The molecule has 36 heavy (non-hydrogen) atoms. The fraction of sp³-hybridized carbons (Fsp3) is 0.542. The molecule has 0 aromatic carbocycles. The number of amidine groups is 1. The zero-order chi connectivity index (χ0) is 24.3. The minimum absolute atomic E-state index is 0.152. The van der Waals surface area contributed by atoms with E-state index in [9.17, 15) is 0 Å². The molecule has 2 aromatic rings. The molecule has 1 aliphatic carbocycles. The standard InChI is InChI=1S/C24H31AsN10O/c25-22-31-24(29-17-35(22)20-13-30-34(15-20)16-21-14-26-5-10-36-21)33-8-6-32(7-9-33)23-27-11-19(12-28-23)4-3-18-1-2-18/h11-13,15,18,21,26H,1-2,5-10,14,16-17,25H2/t21-/m0/s1. The quantitative estimate of drug-likeness (QED) is 0.397. The van der Waals surface area contributed by atoms with Crippen LogP contribution in [0.5, 0.6) is 0 Å². The van der Waals surface area contributed by atoms with Crippen molar-refractivity contribution in [2.45, 2.75) is 25.5 Å². The van der Waals surface area contributed by atoms with Crippen molar-refractivity contribution in [3.63, 3.8) is 0 Å². The van der Waals surface area contributed by atoms with Crippen LogP contribution in [0.25, 0.3) is 0 Å². The number of hydrogen-bond acceptors (Lipinski definition) is 10. The van der Waals surface area contributed by atoms with Crippen LogP contribution in [-0.4, -0.2) is 111 Å². The summed E-state index contributed by atoms with van der Waals surface area (Å²) in [5.74, 6) is 8.59. The molecule has 0 radical (unpaired) electrons. The number of rotatable bonds is 4. The monoisotopic (exact) mass is 550 g/mol. The zero-order valence-corrected chi connectivity index (χ0v) is 22.7. The van der Waals surface area contributed by atoms with Crippen molar-refractivity contribution in [3.8, 4) is 11.8 Å². The number of aromatic nitrogens is 4. The van der Waals surface area contributed by atoms with Gasteiger partial charge in [0.2, 0.25) is 0 Å². The van der Waals surface area contributed by atoms with Crippen molar-refractivity contribution >= 4 is 39.1 Å². The molecule has 1 unspecified atom stereocenters. The van der Waals surface area contributed by atoms with E-state index in [1.807, 2.05) is 23.3 Å². The first-order chi connectivity index (χ1) is 17.7. The molecule has 0 bridgehead atoms. The van der Waals surface area contributed by atoms with Crippen molar-refractivity contribution in [3.05, 3.63) is 30.4 Å². The molecule has 12 heteroatoms. The van der Waals surface area contributed by atoms with Gasteiger partial charge in [0, 0.05) is 5.92 Å². The van der Waals surface area contributed by atoms with Crippen LogP contribution >= 0.6 is 0 Å². The van der Waals surface area contributed by atoms with Gasteiger partial charge in [0.05, 0.1) is 0 Å². The molecule has 3 aliphatic heterocycles. The van der Waals surface area contributed by atoms with Crippen LogP contribution < -0.4 is 15.1 Å². The van der Waals surface area contributed by atoms with Crippen molar-refractivity contribution in [1.82, 2.24) is 30.0 Å². The summed E-state index contributed by atoms with van der Waals surface area (Å²) < 4.78 is 8.73. The van der Waals surface area contributed by atoms with Crippen LogP contribution in [0.4, 0.5) is 11.6 Å². The normalized spacial score (nSPS) is 22.6. The predicted octanol–water partition coefficient (Wildman–Crippen LogP) is -0.632. The molecule has 4 aliphatic rings. The second-order valence-corrected chi connectivity index (χ2v) is 10.5. The predicted molar refractivity (Wildman–Crippen MR) is 141 cm³/mol. The van der Waals surface area contributed by atoms with Gasteiger partial charge >= 0.3 is 195 Å². The summed E-state index contributed by atoms with van der Waals surface area (Å²) in [7, 11) is 0. The van der Waals surface area contributed by atoms with Crippen LogP contribution in [-0.2, 0) is 11.3 Å². The number of ether oxygens (including phenoxy) is 1. The Balaban J connectivity index is 1.02. The molecular formula is C24H31AsN10O. The average Bonchev–Trinajstić information content (AvgIpc) is 3.65. The Labute approximate surface area is 219 Å². The third-order valence-electron chi connectivity index (χ3n) is 6.65. The molecule has 0 amide bonds. The molecular weight excluding hydrogens is 519 g/mol. The van der Waals surface area contributed by atoms with E-state index in [2.05, 4.69) is 53.1 Å². The first-order valence-electron chi connectivity index (χ1n) is 12.6.